The molecule has 8 heteroatoms. The molecule has 0 amide bonds. The number of halogens is 1. The maximum atomic E-state index is 13.0. The maximum absolute atomic E-state index is 13.0. The molecule has 2 aromatic rings. The smallest absolute Gasteiger partial charge is 0.244 e. The fraction of sp³-hybridized carbons (Fsp3) is 0.312. The van der Waals surface area contributed by atoms with Gasteiger partial charge in [0.05, 0.1) is 5.56 Å². The molecule has 1 fully saturated rings. The van der Waals surface area contributed by atoms with Gasteiger partial charge in [-0.25, -0.2) is 8.42 Å². The van der Waals surface area contributed by atoms with Crippen LogP contribution in [-0.4, -0.2) is 37.5 Å². The minimum Gasteiger partial charge on any atom is -0.396 e. The van der Waals surface area contributed by atoms with Gasteiger partial charge in [-0.2, -0.15) is 20.9 Å². The van der Waals surface area contributed by atoms with Crippen LogP contribution in [-0.2, 0) is 10.0 Å². The number of nitrogens with zero attached hydrogens (tertiary/aromatic N) is 2. The van der Waals surface area contributed by atoms with Crippen LogP contribution in [0.4, 0.5) is 0 Å². The molecule has 1 aromatic carbocycles. The predicted octanol–water partition coefficient (Wildman–Crippen LogP) is 2.67. The third-order valence-corrected chi connectivity index (χ3v) is 7.12. The number of nitriles is 1. The van der Waals surface area contributed by atoms with Crippen LogP contribution in [0.3, 0.4) is 0 Å². The van der Waals surface area contributed by atoms with E-state index in [-0.39, 0.29) is 42.0 Å². The average Bonchev–Trinajstić information content (AvgIpc) is 3.23. The second-order valence-electron chi connectivity index (χ2n) is 5.68. The largest absolute Gasteiger partial charge is 0.396 e. The van der Waals surface area contributed by atoms with E-state index >= 15 is 0 Å². The van der Waals surface area contributed by atoms with Crippen LogP contribution in [0.25, 0.3) is 0 Å². The van der Waals surface area contributed by atoms with Gasteiger partial charge in [0.15, 0.2) is 0 Å². The van der Waals surface area contributed by atoms with Gasteiger partial charge in [0.25, 0.3) is 0 Å². The molecule has 2 heterocycles. The summed E-state index contributed by atoms with van der Waals surface area (Å²) in [4.78, 5) is -0.0444. The van der Waals surface area contributed by atoms with E-state index in [2.05, 4.69) is 0 Å². The second-order valence-corrected chi connectivity index (χ2v) is 8.80. The van der Waals surface area contributed by atoms with Crippen molar-refractivity contribution in [1.82, 2.24) is 4.31 Å². The van der Waals surface area contributed by atoms with Crippen LogP contribution < -0.4 is 0 Å². The Hall–Kier alpha value is -1.43. The molecule has 1 aliphatic heterocycles. The van der Waals surface area contributed by atoms with E-state index < -0.39 is 10.0 Å². The molecule has 1 aromatic heterocycles. The minimum atomic E-state index is -3.82. The van der Waals surface area contributed by atoms with E-state index in [0.717, 1.165) is 5.56 Å². The molecule has 0 bridgehead atoms. The molecule has 2 atom stereocenters. The van der Waals surface area contributed by atoms with Crippen LogP contribution in [0.5, 0.6) is 0 Å². The molecule has 1 saturated heterocycles. The highest BCUT2D eigenvalue weighted by Crippen LogP contribution is 2.37. The molecule has 1 N–H and O–H groups in total. The van der Waals surface area contributed by atoms with E-state index in [9.17, 15) is 18.8 Å². The van der Waals surface area contributed by atoms with Gasteiger partial charge in [-0.15, -0.1) is 0 Å². The van der Waals surface area contributed by atoms with E-state index in [1.807, 2.05) is 22.9 Å². The third kappa shape index (κ3) is 3.08. The van der Waals surface area contributed by atoms with Crippen LogP contribution in [0, 0.1) is 17.2 Å². The van der Waals surface area contributed by atoms with Crippen LogP contribution >= 0.6 is 22.9 Å². The Morgan fingerprint density at radius 2 is 2.17 bits per heavy atom. The zero-order valence-corrected chi connectivity index (χ0v) is 15.0. The highest BCUT2D eigenvalue weighted by Gasteiger charge is 2.40. The molecule has 0 unspecified atom stereocenters. The molecule has 3 rings (SSSR count). The SMILES string of the molecule is N#Cc1cc(Cl)ccc1S(=O)(=O)N1C[C@H](CO)[C@H](c2ccsc2)C1. The monoisotopic (exact) mass is 382 g/mol. The zero-order valence-electron chi connectivity index (χ0n) is 12.6. The topological polar surface area (TPSA) is 81.4 Å². The Labute approximate surface area is 149 Å². The van der Waals surface area contributed by atoms with Crippen molar-refractivity contribution >= 4 is 33.0 Å². The third-order valence-electron chi connectivity index (χ3n) is 4.29. The summed E-state index contributed by atoms with van der Waals surface area (Å²) in [5.74, 6) is -0.207. The van der Waals surface area contributed by atoms with Crippen molar-refractivity contribution in [2.75, 3.05) is 19.7 Å². The van der Waals surface area contributed by atoms with E-state index in [4.69, 9.17) is 11.6 Å². The van der Waals surface area contributed by atoms with Gasteiger partial charge in [-0.1, -0.05) is 11.6 Å². The van der Waals surface area contributed by atoms with Crippen molar-refractivity contribution in [3.05, 3.63) is 51.2 Å². The highest BCUT2D eigenvalue weighted by atomic mass is 35.5. The van der Waals surface area contributed by atoms with Gasteiger partial charge in [0, 0.05) is 36.6 Å². The number of thiophene rings is 1. The highest BCUT2D eigenvalue weighted by molar-refractivity contribution is 7.89. The number of hydrogen-bond donors (Lipinski definition) is 1. The van der Waals surface area contributed by atoms with Crippen LogP contribution in [0.2, 0.25) is 5.02 Å². The molecule has 0 aliphatic carbocycles. The Morgan fingerprint density at radius 1 is 1.38 bits per heavy atom. The Balaban J connectivity index is 1.96. The molecular formula is C16H15ClN2O3S2. The Morgan fingerprint density at radius 3 is 2.79 bits per heavy atom. The van der Waals surface area contributed by atoms with Crippen LogP contribution in [0.1, 0.15) is 17.0 Å². The van der Waals surface area contributed by atoms with Gasteiger partial charge in [-0.3, -0.25) is 0 Å². The molecular weight excluding hydrogens is 368 g/mol. The summed E-state index contributed by atoms with van der Waals surface area (Å²) >= 11 is 7.39. The first-order valence-corrected chi connectivity index (χ1v) is 10.1. The standard InChI is InChI=1S/C16H15ClN2O3S2/c17-14-1-2-16(12(5-14)6-18)24(21,22)19-7-13(9-20)15(8-19)11-3-4-23-10-11/h1-5,10,13,15,20H,7-9H2/t13-,15+/m1/s1. The van der Waals surface area contributed by atoms with E-state index in [1.165, 1.54) is 22.5 Å². The van der Waals surface area contributed by atoms with Crippen molar-refractivity contribution in [1.29, 1.82) is 5.26 Å². The van der Waals surface area contributed by atoms with Crippen molar-refractivity contribution in [3.8, 4) is 6.07 Å². The molecule has 126 valence electrons. The first-order valence-electron chi connectivity index (χ1n) is 7.30. The molecule has 24 heavy (non-hydrogen) atoms. The summed E-state index contributed by atoms with van der Waals surface area (Å²) in [6.45, 7) is 0.433. The second kappa shape index (κ2) is 6.82. The molecule has 0 spiro atoms. The summed E-state index contributed by atoms with van der Waals surface area (Å²) in [5.41, 5.74) is 1.07. The lowest BCUT2D eigenvalue weighted by Crippen LogP contribution is -2.30. The summed E-state index contributed by atoms with van der Waals surface area (Å²) in [7, 11) is -3.82. The average molecular weight is 383 g/mol. The summed E-state index contributed by atoms with van der Waals surface area (Å²) in [5, 5.41) is 23.1. The first kappa shape index (κ1) is 17.4. The van der Waals surface area contributed by atoms with Gasteiger partial charge >= 0.3 is 0 Å². The quantitative estimate of drug-likeness (QED) is 0.881. The van der Waals surface area contributed by atoms with Gasteiger partial charge in [0.2, 0.25) is 10.0 Å². The molecule has 0 radical (unpaired) electrons. The number of hydrogen-bond acceptors (Lipinski definition) is 5. The number of aliphatic hydroxyl groups excluding tert-OH is 1. The lowest BCUT2D eigenvalue weighted by molar-refractivity contribution is 0.223. The molecule has 1 aliphatic rings. The summed E-state index contributed by atoms with van der Waals surface area (Å²) < 4.78 is 27.3. The molecule has 5 nitrogen and oxygen atoms in total. The van der Waals surface area contributed by atoms with E-state index in [0.29, 0.717) is 5.02 Å². The van der Waals surface area contributed by atoms with Crippen molar-refractivity contribution in [2.45, 2.75) is 10.8 Å². The molecule has 0 saturated carbocycles. The Bertz CT molecular complexity index is 875. The fourth-order valence-electron chi connectivity index (χ4n) is 3.03. The normalized spacial score (nSPS) is 21.7. The number of rotatable bonds is 4. The van der Waals surface area contributed by atoms with Gasteiger partial charge in [-0.05, 0) is 40.6 Å². The number of benzene rings is 1. The first-order chi connectivity index (χ1) is 11.5. The van der Waals surface area contributed by atoms with Crippen molar-refractivity contribution < 1.29 is 13.5 Å². The fourth-order valence-corrected chi connectivity index (χ4v) is 5.57. The number of sulfonamides is 1. The predicted molar refractivity (Wildman–Crippen MR) is 92.6 cm³/mol. The van der Waals surface area contributed by atoms with E-state index in [1.54, 1.807) is 11.3 Å². The minimum absolute atomic E-state index is 0.0297. The van der Waals surface area contributed by atoms with Crippen LogP contribution in [0.15, 0.2) is 39.9 Å². The lowest BCUT2D eigenvalue weighted by atomic mass is 9.92. The Kier molecular flexibility index (Phi) is 4.95. The van der Waals surface area contributed by atoms with Gasteiger partial charge < -0.3 is 5.11 Å². The lowest BCUT2D eigenvalue weighted by Gasteiger charge is -2.17. The van der Waals surface area contributed by atoms with Crippen molar-refractivity contribution in [2.24, 2.45) is 5.92 Å². The van der Waals surface area contributed by atoms with Gasteiger partial charge in [0.1, 0.15) is 11.0 Å². The number of aliphatic hydroxyl groups is 1. The summed E-state index contributed by atoms with van der Waals surface area (Å²) in [6, 6.07) is 8.03. The zero-order chi connectivity index (χ0) is 17.3. The summed E-state index contributed by atoms with van der Waals surface area (Å²) in [6.07, 6.45) is 0. The van der Waals surface area contributed by atoms with Crippen molar-refractivity contribution in [3.63, 3.8) is 0 Å². The maximum Gasteiger partial charge on any atom is 0.244 e.